The highest BCUT2D eigenvalue weighted by Crippen LogP contribution is 2.28. The molecule has 0 aliphatic carbocycles. The van der Waals surface area contributed by atoms with Crippen molar-refractivity contribution in [1.82, 2.24) is 24.2 Å². The summed E-state index contributed by atoms with van der Waals surface area (Å²) in [5.41, 5.74) is 1.35. The third-order valence-electron chi connectivity index (χ3n) is 6.58. The van der Waals surface area contributed by atoms with Crippen molar-refractivity contribution in [2.45, 2.75) is 51.6 Å². The van der Waals surface area contributed by atoms with E-state index in [0.717, 1.165) is 31.2 Å². The summed E-state index contributed by atoms with van der Waals surface area (Å²) in [6.07, 6.45) is 6.25. The number of aryl methyl sites for hydroxylation is 1. The molecule has 4 rings (SSSR count). The Balaban J connectivity index is 1.73. The number of unbranched alkanes of at least 4 members (excludes halogenated alkanes) is 2. The molecule has 1 fully saturated rings. The highest BCUT2D eigenvalue weighted by Gasteiger charge is 2.33. The molecule has 1 N–H and O–H groups in total. The van der Waals surface area contributed by atoms with Crippen molar-refractivity contribution >= 4 is 35.0 Å². The first-order valence-electron chi connectivity index (χ1n) is 12.4. The normalized spacial score (nSPS) is 15.4. The molecule has 1 saturated heterocycles. The standard InChI is InChI=1S/C26H33ClN6O3/c1-4-5-6-13-32-22(31-14-7-8-21(31)25(36)28-16-24(35)30(2)3)15-23(34)33-17-20(29-26(32)33)18-9-11-19(27)12-10-18/h9-12,15,17,21H,4-8,13-14,16H2,1-3H3,(H,28,36)/t21-/m0/s1. The van der Waals surface area contributed by atoms with Crippen LogP contribution in [0, 0.1) is 0 Å². The largest absolute Gasteiger partial charge is 0.347 e. The number of anilines is 1. The van der Waals surface area contributed by atoms with E-state index in [4.69, 9.17) is 16.6 Å². The summed E-state index contributed by atoms with van der Waals surface area (Å²) in [5, 5.41) is 3.40. The fourth-order valence-electron chi connectivity index (χ4n) is 4.57. The third kappa shape index (κ3) is 5.41. The Hall–Kier alpha value is -3.33. The maximum atomic E-state index is 13.2. The number of hydrogen-bond acceptors (Lipinski definition) is 5. The van der Waals surface area contributed by atoms with E-state index in [0.29, 0.717) is 41.8 Å². The molecule has 0 saturated carbocycles. The number of carbonyl (C=O) groups is 2. The van der Waals surface area contributed by atoms with Crippen molar-refractivity contribution in [3.8, 4) is 11.3 Å². The van der Waals surface area contributed by atoms with Crippen LogP contribution < -0.4 is 15.8 Å². The number of fused-ring (bicyclic) bond motifs is 1. The van der Waals surface area contributed by atoms with Crippen molar-refractivity contribution in [3.63, 3.8) is 0 Å². The van der Waals surface area contributed by atoms with Crippen molar-refractivity contribution < 1.29 is 9.59 Å². The van der Waals surface area contributed by atoms with Gasteiger partial charge in [-0.2, -0.15) is 0 Å². The molecule has 1 aromatic carbocycles. The summed E-state index contributed by atoms with van der Waals surface area (Å²) in [6, 6.07) is 8.51. The Morgan fingerprint density at radius 3 is 2.64 bits per heavy atom. The van der Waals surface area contributed by atoms with Crippen LogP contribution in [0.1, 0.15) is 39.0 Å². The van der Waals surface area contributed by atoms with E-state index in [2.05, 4.69) is 12.2 Å². The van der Waals surface area contributed by atoms with Crippen LogP contribution in [0.15, 0.2) is 41.3 Å². The lowest BCUT2D eigenvalue weighted by Gasteiger charge is -2.29. The quantitative estimate of drug-likeness (QED) is 0.445. The van der Waals surface area contributed by atoms with Crippen LogP contribution in [0.25, 0.3) is 17.0 Å². The number of nitrogens with zero attached hydrogens (tertiary/aromatic N) is 5. The molecule has 36 heavy (non-hydrogen) atoms. The Morgan fingerprint density at radius 1 is 1.19 bits per heavy atom. The molecule has 3 heterocycles. The Bertz CT molecular complexity index is 1300. The topological polar surface area (TPSA) is 92.0 Å². The lowest BCUT2D eigenvalue weighted by Crippen LogP contribution is -2.47. The van der Waals surface area contributed by atoms with Gasteiger partial charge in [0, 0.05) is 50.0 Å². The molecule has 1 aliphatic rings. The maximum absolute atomic E-state index is 13.2. The molecule has 10 heteroatoms. The fraction of sp³-hybridized carbons (Fsp3) is 0.462. The average Bonchev–Trinajstić information content (AvgIpc) is 3.52. The summed E-state index contributed by atoms with van der Waals surface area (Å²) in [6.45, 7) is 3.41. The minimum Gasteiger partial charge on any atom is -0.347 e. The number of amides is 2. The number of halogens is 1. The van der Waals surface area contributed by atoms with Gasteiger partial charge in [-0.1, -0.05) is 43.5 Å². The lowest BCUT2D eigenvalue weighted by atomic mass is 10.2. The van der Waals surface area contributed by atoms with Crippen LogP contribution in [0.3, 0.4) is 0 Å². The molecule has 0 radical (unpaired) electrons. The van der Waals surface area contributed by atoms with E-state index in [1.807, 2.05) is 21.6 Å². The van der Waals surface area contributed by atoms with Gasteiger partial charge in [-0.15, -0.1) is 0 Å². The zero-order valence-electron chi connectivity index (χ0n) is 21.0. The van der Waals surface area contributed by atoms with Gasteiger partial charge >= 0.3 is 0 Å². The van der Waals surface area contributed by atoms with E-state index in [9.17, 15) is 14.4 Å². The third-order valence-corrected chi connectivity index (χ3v) is 6.83. The zero-order chi connectivity index (χ0) is 25.8. The second-order valence-corrected chi connectivity index (χ2v) is 9.80. The van der Waals surface area contributed by atoms with Gasteiger partial charge in [0.25, 0.3) is 5.56 Å². The monoisotopic (exact) mass is 512 g/mol. The number of benzene rings is 1. The minimum atomic E-state index is -0.454. The van der Waals surface area contributed by atoms with E-state index in [-0.39, 0.29) is 23.9 Å². The second kappa shape index (κ2) is 11.2. The smallest absolute Gasteiger partial charge is 0.261 e. The van der Waals surface area contributed by atoms with E-state index in [1.54, 1.807) is 42.9 Å². The zero-order valence-corrected chi connectivity index (χ0v) is 21.8. The van der Waals surface area contributed by atoms with Gasteiger partial charge < -0.3 is 15.1 Å². The van der Waals surface area contributed by atoms with E-state index >= 15 is 0 Å². The molecule has 2 amide bonds. The predicted molar refractivity (Wildman–Crippen MR) is 141 cm³/mol. The summed E-state index contributed by atoms with van der Waals surface area (Å²) in [7, 11) is 3.31. The van der Waals surface area contributed by atoms with E-state index < -0.39 is 6.04 Å². The van der Waals surface area contributed by atoms with Crippen LogP contribution in [0.2, 0.25) is 5.02 Å². The summed E-state index contributed by atoms with van der Waals surface area (Å²) < 4.78 is 3.62. The van der Waals surface area contributed by atoms with Gasteiger partial charge in [-0.3, -0.25) is 23.4 Å². The number of likely N-dealkylation sites (N-methyl/N-ethyl adjacent to an activating group) is 1. The number of aromatic nitrogens is 3. The maximum Gasteiger partial charge on any atom is 0.261 e. The van der Waals surface area contributed by atoms with Gasteiger partial charge in [-0.25, -0.2) is 4.98 Å². The van der Waals surface area contributed by atoms with Crippen LogP contribution in [0.4, 0.5) is 5.82 Å². The molecule has 1 aliphatic heterocycles. The SMILES string of the molecule is CCCCCn1c(N2CCC[C@H]2C(=O)NCC(=O)N(C)C)cc(=O)n2cc(-c3ccc(Cl)cc3)nc12. The molecule has 3 aromatic rings. The van der Waals surface area contributed by atoms with Gasteiger partial charge in [0.15, 0.2) is 0 Å². The number of hydrogen-bond donors (Lipinski definition) is 1. The lowest BCUT2D eigenvalue weighted by molar-refractivity contribution is -0.131. The summed E-state index contributed by atoms with van der Waals surface area (Å²) in [5.74, 6) is 0.860. The first-order chi connectivity index (χ1) is 17.3. The molecule has 192 valence electrons. The first-order valence-corrected chi connectivity index (χ1v) is 12.8. The summed E-state index contributed by atoms with van der Waals surface area (Å²) in [4.78, 5) is 46.5. The molecule has 0 bridgehead atoms. The minimum absolute atomic E-state index is 0.0524. The number of carbonyl (C=O) groups excluding carboxylic acids is 2. The fourth-order valence-corrected chi connectivity index (χ4v) is 4.69. The first kappa shape index (κ1) is 25.8. The van der Waals surface area contributed by atoms with Crippen LogP contribution in [-0.4, -0.2) is 63.9 Å². The Morgan fingerprint density at radius 2 is 1.94 bits per heavy atom. The van der Waals surface area contributed by atoms with Gasteiger partial charge in [0.05, 0.1) is 12.2 Å². The van der Waals surface area contributed by atoms with E-state index in [1.165, 1.54) is 4.90 Å². The molecular weight excluding hydrogens is 480 g/mol. The molecule has 0 spiro atoms. The Labute approximate surface area is 215 Å². The molecule has 9 nitrogen and oxygen atoms in total. The van der Waals surface area contributed by atoms with Crippen molar-refractivity contribution in [1.29, 1.82) is 0 Å². The van der Waals surface area contributed by atoms with Gasteiger partial charge in [0.2, 0.25) is 17.6 Å². The van der Waals surface area contributed by atoms with Crippen LogP contribution >= 0.6 is 11.6 Å². The number of nitrogens with one attached hydrogen (secondary N) is 1. The highest BCUT2D eigenvalue weighted by atomic mass is 35.5. The summed E-state index contributed by atoms with van der Waals surface area (Å²) >= 11 is 6.05. The number of imidazole rings is 1. The van der Waals surface area contributed by atoms with Crippen LogP contribution in [0.5, 0.6) is 0 Å². The average molecular weight is 513 g/mol. The van der Waals surface area contributed by atoms with Crippen molar-refractivity contribution in [2.75, 3.05) is 32.1 Å². The van der Waals surface area contributed by atoms with Crippen LogP contribution in [-0.2, 0) is 16.1 Å². The molecular formula is C26H33ClN6O3. The molecule has 0 unspecified atom stereocenters. The molecule has 2 aromatic heterocycles. The second-order valence-electron chi connectivity index (χ2n) is 9.36. The van der Waals surface area contributed by atoms with Crippen molar-refractivity contribution in [3.05, 3.63) is 51.9 Å². The Kier molecular flexibility index (Phi) is 7.98. The van der Waals surface area contributed by atoms with Gasteiger partial charge in [-0.05, 0) is 31.4 Å². The highest BCUT2D eigenvalue weighted by molar-refractivity contribution is 6.30. The molecule has 1 atom stereocenters. The van der Waals surface area contributed by atoms with Crippen molar-refractivity contribution in [2.24, 2.45) is 0 Å². The predicted octanol–water partition coefficient (Wildman–Crippen LogP) is 3.18. The van der Waals surface area contributed by atoms with Gasteiger partial charge in [0.1, 0.15) is 11.9 Å². The number of rotatable bonds is 9.